The average molecular weight is 293 g/mol. The lowest BCUT2D eigenvalue weighted by Crippen LogP contribution is -2.49. The van der Waals surface area contributed by atoms with Gasteiger partial charge in [-0.25, -0.2) is 9.18 Å². The second kappa shape index (κ2) is 5.32. The third kappa shape index (κ3) is 3.04. The summed E-state index contributed by atoms with van der Waals surface area (Å²) in [5.41, 5.74) is 0.700. The highest BCUT2D eigenvalue weighted by atomic mass is 19.1. The molecule has 1 saturated carbocycles. The number of carbonyl (C=O) groups excluding carboxylic acids is 1. The van der Waals surface area contributed by atoms with Gasteiger partial charge in [0.05, 0.1) is 7.11 Å². The van der Waals surface area contributed by atoms with Crippen molar-refractivity contribution in [1.29, 1.82) is 0 Å². The molecule has 1 aliphatic rings. The first kappa shape index (κ1) is 15.8. The molecule has 1 fully saturated rings. The van der Waals surface area contributed by atoms with E-state index >= 15 is 0 Å². The van der Waals surface area contributed by atoms with Gasteiger partial charge >= 0.3 is 5.97 Å². The number of halogens is 1. The second-order valence-electron chi connectivity index (χ2n) is 7.05. The number of methoxy groups -OCH3 is 1. The molecule has 1 aliphatic carbocycles. The highest BCUT2D eigenvalue weighted by molar-refractivity contribution is 5.85. The van der Waals surface area contributed by atoms with Gasteiger partial charge in [-0.2, -0.15) is 0 Å². The van der Waals surface area contributed by atoms with Crippen molar-refractivity contribution in [2.24, 2.45) is 11.3 Å². The van der Waals surface area contributed by atoms with Crippen LogP contribution in [0, 0.1) is 24.1 Å². The second-order valence-corrected chi connectivity index (χ2v) is 7.05. The Hall–Kier alpha value is -1.58. The van der Waals surface area contributed by atoms with Crippen molar-refractivity contribution in [2.75, 3.05) is 12.4 Å². The Labute approximate surface area is 125 Å². The van der Waals surface area contributed by atoms with E-state index in [0.717, 1.165) is 12.0 Å². The molecule has 0 spiro atoms. The number of carbonyl (C=O) groups is 1. The summed E-state index contributed by atoms with van der Waals surface area (Å²) in [5, 5.41) is 3.28. The molecule has 0 bridgehead atoms. The van der Waals surface area contributed by atoms with Crippen LogP contribution in [0.4, 0.5) is 10.1 Å². The maximum Gasteiger partial charge on any atom is 0.331 e. The molecule has 1 N–H and O–H groups in total. The summed E-state index contributed by atoms with van der Waals surface area (Å²) in [4.78, 5) is 12.4. The monoisotopic (exact) mass is 293 g/mol. The minimum absolute atomic E-state index is 0.0446. The molecule has 116 valence electrons. The minimum Gasteiger partial charge on any atom is -0.467 e. The van der Waals surface area contributed by atoms with E-state index in [4.69, 9.17) is 4.74 Å². The van der Waals surface area contributed by atoms with Crippen molar-refractivity contribution < 1.29 is 13.9 Å². The zero-order valence-electron chi connectivity index (χ0n) is 13.4. The summed E-state index contributed by atoms with van der Waals surface area (Å²) in [7, 11) is 1.40. The quantitative estimate of drug-likeness (QED) is 0.859. The molecule has 0 radical (unpaired) electrons. The van der Waals surface area contributed by atoms with Crippen LogP contribution in [0.15, 0.2) is 18.2 Å². The van der Waals surface area contributed by atoms with Gasteiger partial charge in [-0.3, -0.25) is 0 Å². The van der Waals surface area contributed by atoms with E-state index in [-0.39, 0.29) is 23.1 Å². The highest BCUT2D eigenvalue weighted by Gasteiger charge is 2.54. The van der Waals surface area contributed by atoms with Crippen LogP contribution in [0.1, 0.15) is 39.2 Å². The largest absolute Gasteiger partial charge is 0.467 e. The van der Waals surface area contributed by atoms with Gasteiger partial charge in [0, 0.05) is 5.69 Å². The Bertz CT molecular complexity index is 535. The number of hydrogen-bond donors (Lipinski definition) is 1. The van der Waals surface area contributed by atoms with Gasteiger partial charge < -0.3 is 10.1 Å². The van der Waals surface area contributed by atoms with E-state index in [1.54, 1.807) is 0 Å². The first-order valence-corrected chi connectivity index (χ1v) is 7.32. The molecule has 4 heteroatoms. The molecule has 0 amide bonds. The summed E-state index contributed by atoms with van der Waals surface area (Å²) in [6.45, 7) is 8.17. The van der Waals surface area contributed by atoms with Gasteiger partial charge in [-0.1, -0.05) is 20.8 Å². The van der Waals surface area contributed by atoms with Gasteiger partial charge in [0.2, 0.25) is 0 Å². The van der Waals surface area contributed by atoms with E-state index in [2.05, 4.69) is 19.2 Å². The van der Waals surface area contributed by atoms with Crippen molar-refractivity contribution >= 4 is 11.7 Å². The lowest BCUT2D eigenvalue weighted by molar-refractivity contribution is -0.147. The third-order valence-corrected chi connectivity index (χ3v) is 4.42. The van der Waals surface area contributed by atoms with Gasteiger partial charge in [0.1, 0.15) is 11.4 Å². The molecule has 2 atom stereocenters. The number of anilines is 1. The number of ether oxygens (including phenoxy) is 1. The molecule has 0 aliphatic heterocycles. The molecular formula is C17H24FNO2. The van der Waals surface area contributed by atoms with Crippen LogP contribution in [0.25, 0.3) is 0 Å². The fourth-order valence-corrected chi connectivity index (χ4v) is 3.74. The minimum atomic E-state index is -0.793. The van der Waals surface area contributed by atoms with Crippen LogP contribution < -0.4 is 5.32 Å². The van der Waals surface area contributed by atoms with Gasteiger partial charge in [0.15, 0.2) is 0 Å². The number of hydrogen-bond acceptors (Lipinski definition) is 3. The van der Waals surface area contributed by atoms with Crippen LogP contribution in [-0.2, 0) is 9.53 Å². The third-order valence-electron chi connectivity index (χ3n) is 4.42. The smallest absolute Gasteiger partial charge is 0.331 e. The standard InChI is InChI=1S/C17H24FNO2/c1-11-6-13(18)8-14(7-11)19-17(15(20)21-5)10-16(3,4)9-12(17)2/h6-8,12,19H,9-10H2,1-5H3. The summed E-state index contributed by atoms with van der Waals surface area (Å²) in [5.74, 6) is -0.464. The molecule has 0 heterocycles. The van der Waals surface area contributed by atoms with Gasteiger partial charge in [0.25, 0.3) is 0 Å². The number of benzene rings is 1. The number of aryl methyl sites for hydroxylation is 1. The summed E-state index contributed by atoms with van der Waals surface area (Å²) in [6.07, 6.45) is 1.59. The zero-order valence-corrected chi connectivity index (χ0v) is 13.4. The fourth-order valence-electron chi connectivity index (χ4n) is 3.74. The van der Waals surface area contributed by atoms with Gasteiger partial charge in [-0.05, 0) is 54.9 Å². The predicted molar refractivity (Wildman–Crippen MR) is 81.7 cm³/mol. The fraction of sp³-hybridized carbons (Fsp3) is 0.588. The molecule has 21 heavy (non-hydrogen) atoms. The maximum absolute atomic E-state index is 13.6. The number of nitrogens with one attached hydrogen (secondary N) is 1. The first-order chi connectivity index (χ1) is 9.68. The molecular weight excluding hydrogens is 269 g/mol. The molecule has 2 rings (SSSR count). The Morgan fingerprint density at radius 3 is 2.52 bits per heavy atom. The van der Waals surface area contributed by atoms with Crippen LogP contribution in [0.2, 0.25) is 0 Å². The van der Waals surface area contributed by atoms with Crippen molar-refractivity contribution in [3.8, 4) is 0 Å². The molecule has 3 nitrogen and oxygen atoms in total. The lowest BCUT2D eigenvalue weighted by Gasteiger charge is -2.33. The zero-order chi connectivity index (χ0) is 15.8. The van der Waals surface area contributed by atoms with E-state index in [1.807, 2.05) is 19.9 Å². The van der Waals surface area contributed by atoms with Crippen molar-refractivity contribution in [2.45, 2.75) is 46.1 Å². The average Bonchev–Trinajstić information content (AvgIpc) is 2.57. The normalized spacial score (nSPS) is 27.4. The topological polar surface area (TPSA) is 38.3 Å². The number of esters is 1. The first-order valence-electron chi connectivity index (χ1n) is 7.32. The highest BCUT2D eigenvalue weighted by Crippen LogP contribution is 2.49. The van der Waals surface area contributed by atoms with Crippen LogP contribution in [0.5, 0.6) is 0 Å². The van der Waals surface area contributed by atoms with Crippen LogP contribution in [0.3, 0.4) is 0 Å². The Balaban J connectivity index is 2.40. The van der Waals surface area contributed by atoms with Crippen LogP contribution >= 0.6 is 0 Å². The molecule has 0 saturated heterocycles. The molecule has 1 aromatic carbocycles. The molecule has 0 aromatic heterocycles. The van der Waals surface area contributed by atoms with E-state index < -0.39 is 5.54 Å². The maximum atomic E-state index is 13.6. The van der Waals surface area contributed by atoms with E-state index in [9.17, 15) is 9.18 Å². The summed E-state index contributed by atoms with van der Waals surface area (Å²) < 4.78 is 18.6. The molecule has 1 aromatic rings. The Morgan fingerprint density at radius 2 is 2.05 bits per heavy atom. The Morgan fingerprint density at radius 1 is 1.38 bits per heavy atom. The Kier molecular flexibility index (Phi) is 4.00. The molecule has 2 unspecified atom stereocenters. The number of rotatable bonds is 3. The summed E-state index contributed by atoms with van der Waals surface area (Å²) in [6, 6.07) is 4.75. The lowest BCUT2D eigenvalue weighted by atomic mass is 9.86. The van der Waals surface area contributed by atoms with Crippen molar-refractivity contribution in [3.63, 3.8) is 0 Å². The predicted octanol–water partition coefficient (Wildman–Crippen LogP) is 3.91. The van der Waals surface area contributed by atoms with E-state index in [0.29, 0.717) is 12.1 Å². The summed E-state index contributed by atoms with van der Waals surface area (Å²) >= 11 is 0. The van der Waals surface area contributed by atoms with Crippen LogP contribution in [-0.4, -0.2) is 18.6 Å². The van der Waals surface area contributed by atoms with E-state index in [1.165, 1.54) is 19.2 Å². The SMILES string of the molecule is COC(=O)C1(Nc2cc(C)cc(F)c2)CC(C)(C)CC1C. The van der Waals surface area contributed by atoms with Gasteiger partial charge in [-0.15, -0.1) is 0 Å². The van der Waals surface area contributed by atoms with Crippen molar-refractivity contribution in [3.05, 3.63) is 29.6 Å². The van der Waals surface area contributed by atoms with Crippen molar-refractivity contribution in [1.82, 2.24) is 0 Å².